The van der Waals surface area contributed by atoms with Crippen LogP contribution in [0.2, 0.25) is 0 Å². The Morgan fingerprint density at radius 3 is 2.30 bits per heavy atom. The first kappa shape index (κ1) is 21.6. The number of benzene rings is 2. The lowest BCUT2D eigenvalue weighted by atomic mass is 9.87. The number of hydrogen-bond acceptors (Lipinski definition) is 4. The van der Waals surface area contributed by atoms with Gasteiger partial charge in [-0.05, 0) is 66.0 Å². The van der Waals surface area contributed by atoms with Crippen molar-refractivity contribution in [2.24, 2.45) is 11.8 Å². The van der Waals surface area contributed by atoms with Crippen molar-refractivity contribution < 1.29 is 17.9 Å². The Hall–Kier alpha value is -1.96. The van der Waals surface area contributed by atoms with Crippen LogP contribution in [0.5, 0.6) is 0 Å². The first-order valence-electron chi connectivity index (χ1n) is 12.1. The average molecular weight is 471 g/mol. The van der Waals surface area contributed by atoms with Gasteiger partial charge in [-0.25, -0.2) is 12.8 Å². The van der Waals surface area contributed by atoms with Crippen LogP contribution in [-0.2, 0) is 28.3 Å². The van der Waals surface area contributed by atoms with Crippen LogP contribution in [-0.4, -0.2) is 48.9 Å². The minimum atomic E-state index is -3.43. The minimum absolute atomic E-state index is 0.111. The highest BCUT2D eigenvalue weighted by atomic mass is 32.2. The molecule has 3 fully saturated rings. The number of nitrogens with zero attached hydrogens (tertiary/aromatic N) is 1. The molecule has 6 rings (SSSR count). The van der Waals surface area contributed by atoms with Crippen molar-refractivity contribution in [1.29, 1.82) is 0 Å². The molecule has 0 unspecified atom stereocenters. The molecule has 33 heavy (non-hydrogen) atoms. The number of piperidine rings is 1. The van der Waals surface area contributed by atoms with Crippen molar-refractivity contribution in [2.45, 2.75) is 55.3 Å². The van der Waals surface area contributed by atoms with Gasteiger partial charge in [0.15, 0.2) is 0 Å². The molecule has 0 radical (unpaired) electrons. The molecule has 0 aromatic heterocycles. The van der Waals surface area contributed by atoms with Crippen molar-refractivity contribution in [2.75, 3.05) is 24.4 Å². The van der Waals surface area contributed by atoms with Crippen LogP contribution in [0.25, 0.3) is 0 Å². The first-order valence-corrected chi connectivity index (χ1v) is 13.6. The van der Waals surface area contributed by atoms with Crippen LogP contribution in [0.15, 0.2) is 42.5 Å². The summed E-state index contributed by atoms with van der Waals surface area (Å²) in [5.41, 5.74) is 2.90. The molecule has 2 saturated carbocycles. The van der Waals surface area contributed by atoms with Crippen LogP contribution >= 0.6 is 0 Å². The zero-order valence-corrected chi connectivity index (χ0v) is 19.7. The summed E-state index contributed by atoms with van der Waals surface area (Å²) in [4.78, 5) is 2.37. The van der Waals surface area contributed by atoms with E-state index >= 15 is 0 Å². The SMILES string of the molecule is CC[C@]1(c2cc(F)cc(NS(=O)(=O)C3CC3)c2)[C@@H]2CN(CC3(O)Cc4ccccc4C3)C[C@@H]21. The molecule has 3 aliphatic carbocycles. The summed E-state index contributed by atoms with van der Waals surface area (Å²) < 4.78 is 41.9. The molecule has 2 aromatic rings. The maximum absolute atomic E-state index is 14.5. The quantitative estimate of drug-likeness (QED) is 0.650. The second kappa shape index (κ2) is 7.27. The molecule has 0 spiro atoms. The number of likely N-dealkylation sites (tertiary alicyclic amines) is 1. The Morgan fingerprint density at radius 1 is 1.09 bits per heavy atom. The van der Waals surface area contributed by atoms with E-state index in [1.807, 2.05) is 18.2 Å². The van der Waals surface area contributed by atoms with E-state index in [1.165, 1.54) is 17.2 Å². The minimum Gasteiger partial charge on any atom is -0.388 e. The fraction of sp³-hybridized carbons (Fsp3) is 0.538. The molecule has 0 amide bonds. The Morgan fingerprint density at radius 2 is 1.73 bits per heavy atom. The van der Waals surface area contributed by atoms with Gasteiger partial charge in [-0.1, -0.05) is 31.2 Å². The summed E-state index contributed by atoms with van der Waals surface area (Å²) in [6.45, 7) is 4.57. The first-order chi connectivity index (χ1) is 15.7. The summed E-state index contributed by atoms with van der Waals surface area (Å²) in [5.74, 6) is 0.419. The Balaban J connectivity index is 1.17. The summed E-state index contributed by atoms with van der Waals surface area (Å²) in [6.07, 6.45) is 3.64. The van der Waals surface area contributed by atoms with Gasteiger partial charge in [0.2, 0.25) is 10.0 Å². The molecule has 7 heteroatoms. The van der Waals surface area contributed by atoms with E-state index < -0.39 is 21.4 Å². The predicted octanol–water partition coefficient (Wildman–Crippen LogP) is 3.47. The molecular weight excluding hydrogens is 439 g/mol. The zero-order chi connectivity index (χ0) is 23.0. The lowest BCUT2D eigenvalue weighted by Gasteiger charge is -2.32. The zero-order valence-electron chi connectivity index (χ0n) is 18.9. The van der Waals surface area contributed by atoms with E-state index in [2.05, 4.69) is 28.7 Å². The van der Waals surface area contributed by atoms with E-state index in [9.17, 15) is 17.9 Å². The number of sulfonamides is 1. The number of anilines is 1. The third-order valence-corrected chi connectivity index (χ3v) is 10.4. The fourth-order valence-electron chi connectivity index (χ4n) is 6.85. The predicted molar refractivity (Wildman–Crippen MR) is 126 cm³/mol. The van der Waals surface area contributed by atoms with Gasteiger partial charge in [0, 0.05) is 37.9 Å². The lowest BCUT2D eigenvalue weighted by Crippen LogP contribution is -2.45. The molecule has 0 bridgehead atoms. The number of β-amino-alcohol motifs (C(OH)–C–C–N with tert-alkyl or cyclic N) is 1. The van der Waals surface area contributed by atoms with Crippen LogP contribution in [0.3, 0.4) is 0 Å². The van der Waals surface area contributed by atoms with Crippen LogP contribution in [0.4, 0.5) is 10.1 Å². The van der Waals surface area contributed by atoms with Crippen molar-refractivity contribution in [3.05, 3.63) is 65.0 Å². The van der Waals surface area contributed by atoms with Crippen molar-refractivity contribution in [3.8, 4) is 0 Å². The highest BCUT2D eigenvalue weighted by Gasteiger charge is 2.67. The second-order valence-corrected chi connectivity index (χ2v) is 12.7. The average Bonchev–Trinajstić information content (AvgIpc) is 3.62. The molecular formula is C26H31FN2O3S. The van der Waals surface area contributed by atoms with Crippen LogP contribution < -0.4 is 4.72 Å². The molecule has 1 aliphatic heterocycles. The number of rotatable bonds is 7. The van der Waals surface area contributed by atoms with Gasteiger partial charge in [0.25, 0.3) is 0 Å². The summed E-state index contributed by atoms with van der Waals surface area (Å²) in [5, 5.41) is 10.9. The smallest absolute Gasteiger partial charge is 0.235 e. The van der Waals surface area contributed by atoms with E-state index in [4.69, 9.17) is 0 Å². The van der Waals surface area contributed by atoms with Gasteiger partial charge >= 0.3 is 0 Å². The second-order valence-electron chi connectivity index (χ2n) is 10.7. The van der Waals surface area contributed by atoms with E-state index in [0.29, 0.717) is 49.8 Å². The van der Waals surface area contributed by atoms with Crippen LogP contribution in [0.1, 0.15) is 42.9 Å². The van der Waals surface area contributed by atoms with Crippen molar-refractivity contribution >= 4 is 15.7 Å². The van der Waals surface area contributed by atoms with Gasteiger partial charge in [0.1, 0.15) is 5.82 Å². The van der Waals surface area contributed by atoms with Gasteiger partial charge in [-0.2, -0.15) is 0 Å². The maximum Gasteiger partial charge on any atom is 0.235 e. The monoisotopic (exact) mass is 470 g/mol. The summed E-state index contributed by atoms with van der Waals surface area (Å²) in [6, 6.07) is 13.0. The molecule has 1 saturated heterocycles. The Kier molecular flexibility index (Phi) is 4.75. The number of hydrogen-bond donors (Lipinski definition) is 2. The van der Waals surface area contributed by atoms with Gasteiger partial charge < -0.3 is 5.11 Å². The van der Waals surface area contributed by atoms with Gasteiger partial charge in [-0.3, -0.25) is 9.62 Å². The largest absolute Gasteiger partial charge is 0.388 e. The third kappa shape index (κ3) is 3.60. The van der Waals surface area contributed by atoms with Crippen LogP contribution in [0, 0.1) is 17.7 Å². The van der Waals surface area contributed by atoms with Gasteiger partial charge in [0.05, 0.1) is 16.5 Å². The Labute approximate surface area is 195 Å². The van der Waals surface area contributed by atoms with Crippen molar-refractivity contribution in [3.63, 3.8) is 0 Å². The van der Waals surface area contributed by atoms with Gasteiger partial charge in [-0.15, -0.1) is 0 Å². The molecule has 176 valence electrons. The standard InChI is InChI=1S/C26H31FN2O3S/c1-2-26(19-9-20(27)11-21(10-19)28-33(31,32)22-7-8-22)23-14-29(15-24(23)26)16-25(30)12-17-5-3-4-6-18(17)13-25/h3-6,9-11,22-24,28,30H,2,7-8,12-16H2,1H3/t23-,24+,26+. The van der Waals surface area contributed by atoms with Crippen molar-refractivity contribution in [1.82, 2.24) is 4.90 Å². The normalized spacial score (nSPS) is 30.2. The highest BCUT2D eigenvalue weighted by Crippen LogP contribution is 2.65. The number of nitrogens with one attached hydrogen (secondary N) is 1. The summed E-state index contributed by atoms with van der Waals surface area (Å²) >= 11 is 0. The van der Waals surface area contributed by atoms with E-state index in [1.54, 1.807) is 6.07 Å². The molecule has 5 nitrogen and oxygen atoms in total. The maximum atomic E-state index is 14.5. The third-order valence-electron chi connectivity index (χ3n) is 8.53. The molecule has 2 N–H and O–H groups in total. The number of aliphatic hydroxyl groups is 1. The molecule has 2 aromatic carbocycles. The Bertz CT molecular complexity index is 1170. The molecule has 4 aliphatic rings. The number of halogens is 1. The molecule has 1 heterocycles. The number of fused-ring (bicyclic) bond motifs is 2. The topological polar surface area (TPSA) is 69.6 Å². The fourth-order valence-corrected chi connectivity index (χ4v) is 8.22. The lowest BCUT2D eigenvalue weighted by molar-refractivity contribution is 0.0139. The molecule has 3 atom stereocenters. The summed E-state index contributed by atoms with van der Waals surface area (Å²) in [7, 11) is -3.43. The van der Waals surface area contributed by atoms with E-state index in [-0.39, 0.29) is 10.7 Å². The highest BCUT2D eigenvalue weighted by molar-refractivity contribution is 7.93. The van der Waals surface area contributed by atoms with E-state index in [0.717, 1.165) is 25.1 Å².